The van der Waals surface area contributed by atoms with Gasteiger partial charge in [-0.2, -0.15) is 0 Å². The zero-order valence-corrected chi connectivity index (χ0v) is 20.3. The Bertz CT molecular complexity index is 1140. The van der Waals surface area contributed by atoms with Gasteiger partial charge in [-0.05, 0) is 59.5 Å². The second-order valence-corrected chi connectivity index (χ2v) is 10.4. The minimum absolute atomic E-state index is 0.0448. The van der Waals surface area contributed by atoms with Crippen LogP contribution in [-0.2, 0) is 16.0 Å². The molecule has 1 aromatic heterocycles. The Kier molecular flexibility index (Phi) is 6.46. The molecule has 0 saturated heterocycles. The molecule has 0 radical (unpaired) electrons. The Hall–Kier alpha value is -2.34. The summed E-state index contributed by atoms with van der Waals surface area (Å²) >= 11 is 14.4. The SMILES string of the molecule is O=C([C@@H](Cl)c1ccccc1)N(CC(=O)N1CCc2sccc2[C@@H]1c1ccc(Cl)cc1)C1CC1. The molecule has 2 aliphatic rings. The van der Waals surface area contributed by atoms with Gasteiger partial charge in [-0.3, -0.25) is 9.59 Å². The molecule has 2 heterocycles. The lowest BCUT2D eigenvalue weighted by molar-refractivity contribution is -0.142. The van der Waals surface area contributed by atoms with Crippen LogP contribution in [0.15, 0.2) is 66.0 Å². The first-order valence-corrected chi connectivity index (χ1v) is 12.8. The van der Waals surface area contributed by atoms with E-state index in [-0.39, 0.29) is 30.4 Å². The molecule has 0 unspecified atom stereocenters. The van der Waals surface area contributed by atoms with Crippen molar-refractivity contribution >= 4 is 46.4 Å². The molecule has 170 valence electrons. The van der Waals surface area contributed by atoms with Crippen LogP contribution in [0.4, 0.5) is 0 Å². The van der Waals surface area contributed by atoms with E-state index in [9.17, 15) is 9.59 Å². The monoisotopic (exact) mass is 498 g/mol. The van der Waals surface area contributed by atoms with Gasteiger partial charge in [0.2, 0.25) is 11.8 Å². The van der Waals surface area contributed by atoms with E-state index in [2.05, 4.69) is 11.4 Å². The van der Waals surface area contributed by atoms with Gasteiger partial charge in [0.15, 0.2) is 0 Å². The van der Waals surface area contributed by atoms with Gasteiger partial charge < -0.3 is 9.80 Å². The first-order valence-electron chi connectivity index (χ1n) is 11.1. The van der Waals surface area contributed by atoms with Gasteiger partial charge in [0.1, 0.15) is 11.9 Å². The van der Waals surface area contributed by atoms with Crippen molar-refractivity contribution in [1.82, 2.24) is 9.80 Å². The minimum atomic E-state index is -0.795. The maximum Gasteiger partial charge on any atom is 0.245 e. The fourth-order valence-corrected chi connectivity index (χ4v) is 5.81. The van der Waals surface area contributed by atoms with E-state index >= 15 is 0 Å². The van der Waals surface area contributed by atoms with Crippen molar-refractivity contribution in [2.75, 3.05) is 13.1 Å². The first kappa shape index (κ1) is 22.5. The molecule has 2 atom stereocenters. The number of alkyl halides is 1. The lowest BCUT2D eigenvalue weighted by Gasteiger charge is -2.38. The average molecular weight is 499 g/mol. The van der Waals surface area contributed by atoms with E-state index in [0.29, 0.717) is 11.6 Å². The molecule has 1 saturated carbocycles. The molecular formula is C26H24Cl2N2O2S. The number of benzene rings is 2. The molecule has 2 amide bonds. The molecule has 0 bridgehead atoms. The van der Waals surface area contributed by atoms with Gasteiger partial charge in [-0.1, -0.05) is 54.1 Å². The van der Waals surface area contributed by atoms with E-state index in [1.807, 2.05) is 59.5 Å². The number of hydrogen-bond acceptors (Lipinski definition) is 3. The van der Waals surface area contributed by atoms with Gasteiger partial charge in [0.05, 0.1) is 6.04 Å². The van der Waals surface area contributed by atoms with Crippen LogP contribution < -0.4 is 0 Å². The van der Waals surface area contributed by atoms with Gasteiger partial charge in [-0.15, -0.1) is 22.9 Å². The third-order valence-corrected chi connectivity index (χ3v) is 8.04. The molecule has 33 heavy (non-hydrogen) atoms. The van der Waals surface area contributed by atoms with Gasteiger partial charge in [0.25, 0.3) is 0 Å². The summed E-state index contributed by atoms with van der Waals surface area (Å²) in [6.45, 7) is 0.665. The second-order valence-electron chi connectivity index (χ2n) is 8.56. The van der Waals surface area contributed by atoms with E-state index in [1.54, 1.807) is 16.2 Å². The first-order chi connectivity index (χ1) is 16.0. The summed E-state index contributed by atoms with van der Waals surface area (Å²) in [6, 6.07) is 19.0. The molecule has 1 aliphatic heterocycles. The molecule has 7 heteroatoms. The fraction of sp³-hybridized carbons (Fsp3) is 0.308. The topological polar surface area (TPSA) is 40.6 Å². The van der Waals surface area contributed by atoms with Gasteiger partial charge >= 0.3 is 0 Å². The van der Waals surface area contributed by atoms with Crippen molar-refractivity contribution in [2.45, 2.75) is 36.7 Å². The van der Waals surface area contributed by atoms with E-state index in [1.165, 1.54) is 4.88 Å². The van der Waals surface area contributed by atoms with E-state index < -0.39 is 5.38 Å². The Labute approximate surface area is 207 Å². The Morgan fingerprint density at radius 2 is 1.79 bits per heavy atom. The van der Waals surface area contributed by atoms with Crippen molar-refractivity contribution in [2.24, 2.45) is 0 Å². The Morgan fingerprint density at radius 3 is 2.48 bits per heavy atom. The zero-order chi connectivity index (χ0) is 22.9. The van der Waals surface area contributed by atoms with Crippen molar-refractivity contribution in [3.63, 3.8) is 0 Å². The van der Waals surface area contributed by atoms with Crippen molar-refractivity contribution < 1.29 is 9.59 Å². The van der Waals surface area contributed by atoms with Crippen molar-refractivity contribution in [1.29, 1.82) is 0 Å². The summed E-state index contributed by atoms with van der Waals surface area (Å²) in [7, 11) is 0. The molecule has 5 rings (SSSR count). The number of hydrogen-bond donors (Lipinski definition) is 0. The summed E-state index contributed by atoms with van der Waals surface area (Å²) < 4.78 is 0. The maximum absolute atomic E-state index is 13.7. The number of amides is 2. The summed E-state index contributed by atoms with van der Waals surface area (Å²) in [5, 5.41) is 1.95. The molecule has 2 aromatic carbocycles. The molecule has 0 N–H and O–H groups in total. The smallest absolute Gasteiger partial charge is 0.245 e. The number of carbonyl (C=O) groups excluding carboxylic acids is 2. The number of nitrogens with zero attached hydrogens (tertiary/aromatic N) is 2. The van der Waals surface area contributed by atoms with Crippen LogP contribution in [0.5, 0.6) is 0 Å². The fourth-order valence-electron chi connectivity index (χ4n) is 4.51. The van der Waals surface area contributed by atoms with Crippen LogP contribution in [-0.4, -0.2) is 40.7 Å². The number of halogens is 2. The maximum atomic E-state index is 13.7. The number of carbonyl (C=O) groups is 2. The summed E-state index contributed by atoms with van der Waals surface area (Å²) in [4.78, 5) is 31.9. The zero-order valence-electron chi connectivity index (χ0n) is 18.0. The summed E-state index contributed by atoms with van der Waals surface area (Å²) in [5.41, 5.74) is 2.93. The summed E-state index contributed by atoms with van der Waals surface area (Å²) in [5.74, 6) is -0.251. The van der Waals surface area contributed by atoms with Crippen LogP contribution in [0.1, 0.15) is 45.8 Å². The number of rotatable bonds is 6. The van der Waals surface area contributed by atoms with Crippen molar-refractivity contribution in [3.05, 3.63) is 92.6 Å². The average Bonchev–Trinajstić information content (AvgIpc) is 3.57. The number of thiophene rings is 1. The second kappa shape index (κ2) is 9.49. The van der Waals surface area contributed by atoms with Gasteiger partial charge in [-0.25, -0.2) is 0 Å². The molecule has 4 nitrogen and oxygen atoms in total. The molecule has 3 aromatic rings. The highest BCUT2D eigenvalue weighted by Gasteiger charge is 2.40. The Morgan fingerprint density at radius 1 is 1.06 bits per heavy atom. The number of fused-ring (bicyclic) bond motifs is 1. The third-order valence-electron chi connectivity index (χ3n) is 6.36. The lowest BCUT2D eigenvalue weighted by atomic mass is 9.93. The highest BCUT2D eigenvalue weighted by molar-refractivity contribution is 7.10. The highest BCUT2D eigenvalue weighted by Crippen LogP contribution is 2.39. The van der Waals surface area contributed by atoms with E-state index in [0.717, 1.165) is 36.0 Å². The quantitative estimate of drug-likeness (QED) is 0.400. The highest BCUT2D eigenvalue weighted by atomic mass is 35.5. The molecule has 1 fully saturated rings. The lowest BCUT2D eigenvalue weighted by Crippen LogP contribution is -2.48. The normalized spacial score (nSPS) is 18.5. The minimum Gasteiger partial charge on any atom is -0.330 e. The predicted octanol–water partition coefficient (Wildman–Crippen LogP) is 5.85. The van der Waals surface area contributed by atoms with Crippen LogP contribution >= 0.6 is 34.5 Å². The molecular weight excluding hydrogens is 475 g/mol. The molecule has 0 spiro atoms. The van der Waals surface area contributed by atoms with Crippen LogP contribution in [0, 0.1) is 0 Å². The van der Waals surface area contributed by atoms with Crippen LogP contribution in [0.25, 0.3) is 0 Å². The van der Waals surface area contributed by atoms with Crippen LogP contribution in [0.2, 0.25) is 5.02 Å². The van der Waals surface area contributed by atoms with Crippen molar-refractivity contribution in [3.8, 4) is 0 Å². The standard InChI is InChI=1S/C26H24Cl2N2O2S/c27-19-8-6-18(7-9-19)25-21-13-15-33-22(21)12-14-29(25)23(31)16-30(20-10-11-20)26(32)24(28)17-4-2-1-3-5-17/h1-9,13,15,20,24-25H,10-12,14,16H2/t24-,25-/m0/s1. The van der Waals surface area contributed by atoms with Gasteiger partial charge in [0, 0.05) is 22.5 Å². The Balaban J connectivity index is 1.40. The largest absolute Gasteiger partial charge is 0.330 e. The third kappa shape index (κ3) is 4.68. The predicted molar refractivity (Wildman–Crippen MR) is 133 cm³/mol. The van der Waals surface area contributed by atoms with Crippen LogP contribution in [0.3, 0.4) is 0 Å². The summed E-state index contributed by atoms with van der Waals surface area (Å²) in [6.07, 6.45) is 2.64. The molecule has 1 aliphatic carbocycles. The van der Waals surface area contributed by atoms with E-state index in [4.69, 9.17) is 23.2 Å².